The minimum absolute atomic E-state index is 0.103. The molecule has 0 saturated heterocycles. The molecule has 2 aliphatic rings. The van der Waals surface area contributed by atoms with Crippen LogP contribution in [0, 0.1) is 51.1 Å². The van der Waals surface area contributed by atoms with Gasteiger partial charge in [0, 0.05) is 35.9 Å². The van der Waals surface area contributed by atoms with Gasteiger partial charge in [0.2, 0.25) is 0 Å². The summed E-state index contributed by atoms with van der Waals surface area (Å²) in [6.45, 7) is 1.70. The van der Waals surface area contributed by atoms with E-state index in [0.29, 0.717) is 29.7 Å². The van der Waals surface area contributed by atoms with Crippen molar-refractivity contribution in [2.75, 3.05) is 13.1 Å². The van der Waals surface area contributed by atoms with Gasteiger partial charge in [-0.2, -0.15) is 15.8 Å². The third-order valence-electron chi connectivity index (χ3n) is 6.28. The molecule has 158 valence electrons. The van der Waals surface area contributed by atoms with Crippen molar-refractivity contribution in [3.05, 3.63) is 92.9 Å². The van der Waals surface area contributed by atoms with E-state index in [1.54, 1.807) is 12.1 Å². The second-order valence-electron chi connectivity index (χ2n) is 8.02. The van der Waals surface area contributed by atoms with Crippen LogP contribution in [0.4, 0.5) is 4.39 Å². The van der Waals surface area contributed by atoms with Gasteiger partial charge >= 0.3 is 0 Å². The normalized spacial score (nSPS) is 22.2. The fourth-order valence-electron chi connectivity index (χ4n) is 4.81. The van der Waals surface area contributed by atoms with Gasteiger partial charge in [-0.25, -0.2) is 4.39 Å². The van der Waals surface area contributed by atoms with Crippen LogP contribution in [0.15, 0.2) is 75.9 Å². The summed E-state index contributed by atoms with van der Waals surface area (Å²) in [4.78, 5) is 2.17. The summed E-state index contributed by atoms with van der Waals surface area (Å²) in [7, 11) is 0. The predicted molar refractivity (Wildman–Crippen MR) is 121 cm³/mol. The van der Waals surface area contributed by atoms with E-state index in [-0.39, 0.29) is 16.8 Å². The molecule has 2 N–H and O–H groups in total. The van der Waals surface area contributed by atoms with Crippen molar-refractivity contribution < 1.29 is 4.39 Å². The van der Waals surface area contributed by atoms with E-state index in [9.17, 15) is 15.8 Å². The molecule has 0 radical (unpaired) electrons. The average molecular weight is 488 g/mol. The zero-order valence-corrected chi connectivity index (χ0v) is 18.7. The van der Waals surface area contributed by atoms with Crippen LogP contribution in [0.1, 0.15) is 17.0 Å². The van der Waals surface area contributed by atoms with Gasteiger partial charge in [-0.3, -0.25) is 4.90 Å². The second-order valence-corrected chi connectivity index (χ2v) is 8.94. The molecule has 0 saturated carbocycles. The molecule has 0 spiro atoms. The summed E-state index contributed by atoms with van der Waals surface area (Å²) >= 11 is 3.38. The third kappa shape index (κ3) is 3.49. The summed E-state index contributed by atoms with van der Waals surface area (Å²) in [5.41, 5.74) is 6.53. The molecule has 0 bridgehead atoms. The third-order valence-corrected chi connectivity index (χ3v) is 6.78. The maximum atomic E-state index is 15.1. The highest BCUT2D eigenvalue weighted by atomic mass is 79.9. The molecule has 32 heavy (non-hydrogen) atoms. The van der Waals surface area contributed by atoms with E-state index in [4.69, 9.17) is 5.73 Å². The quantitative estimate of drug-likeness (QED) is 0.685. The molecule has 2 aromatic rings. The zero-order chi connectivity index (χ0) is 22.9. The molecule has 1 heterocycles. The van der Waals surface area contributed by atoms with Gasteiger partial charge < -0.3 is 5.73 Å². The van der Waals surface area contributed by atoms with Crippen molar-refractivity contribution in [3.8, 4) is 18.2 Å². The standard InChI is InChI=1S/C25H19BrFN5/c26-17-6-7-22(27)19(10-17)23-21-13-32(12-16-4-2-1-3-5-16)9-8-18(21)20(11-28)24(31)25(23,14-29)15-30/h1-8,10,21,23H,9,12-13,31H2. The van der Waals surface area contributed by atoms with Crippen LogP contribution in [0.2, 0.25) is 0 Å². The minimum atomic E-state index is -1.86. The number of hydrogen-bond acceptors (Lipinski definition) is 5. The van der Waals surface area contributed by atoms with E-state index < -0.39 is 23.1 Å². The van der Waals surface area contributed by atoms with Gasteiger partial charge in [0.1, 0.15) is 11.9 Å². The predicted octanol–water partition coefficient (Wildman–Crippen LogP) is 4.51. The molecule has 7 heteroatoms. The Morgan fingerprint density at radius 3 is 2.50 bits per heavy atom. The number of benzene rings is 2. The smallest absolute Gasteiger partial charge is 0.191 e. The lowest BCUT2D eigenvalue weighted by Gasteiger charge is -2.45. The summed E-state index contributed by atoms with van der Waals surface area (Å²) in [6, 6.07) is 20.6. The van der Waals surface area contributed by atoms with E-state index in [0.717, 1.165) is 5.56 Å². The molecular weight excluding hydrogens is 469 g/mol. The number of hydrogen-bond donors (Lipinski definition) is 1. The van der Waals surface area contributed by atoms with Crippen LogP contribution in [-0.2, 0) is 6.54 Å². The number of nitrogens with zero attached hydrogens (tertiary/aromatic N) is 4. The lowest BCUT2D eigenvalue weighted by atomic mass is 9.58. The molecule has 1 aliphatic heterocycles. The first kappa shape index (κ1) is 21.8. The molecular formula is C25H19BrFN5. The van der Waals surface area contributed by atoms with E-state index in [1.807, 2.05) is 36.4 Å². The fourth-order valence-corrected chi connectivity index (χ4v) is 5.19. The van der Waals surface area contributed by atoms with Crippen molar-refractivity contribution in [1.82, 2.24) is 4.90 Å². The Morgan fingerprint density at radius 1 is 1.12 bits per heavy atom. The monoisotopic (exact) mass is 487 g/mol. The topological polar surface area (TPSA) is 101 Å². The summed E-state index contributed by atoms with van der Waals surface area (Å²) in [5, 5.41) is 30.1. The van der Waals surface area contributed by atoms with Crippen LogP contribution in [-0.4, -0.2) is 18.0 Å². The van der Waals surface area contributed by atoms with E-state index in [1.165, 1.54) is 6.07 Å². The number of allylic oxidation sites excluding steroid dienone is 2. The Kier molecular flexibility index (Phi) is 5.85. The lowest BCUT2D eigenvalue weighted by Crippen LogP contribution is -2.48. The lowest BCUT2D eigenvalue weighted by molar-refractivity contribution is 0.199. The first-order valence-electron chi connectivity index (χ1n) is 10.1. The van der Waals surface area contributed by atoms with Crippen LogP contribution in [0.5, 0.6) is 0 Å². The summed E-state index contributed by atoms with van der Waals surface area (Å²) in [6.07, 6.45) is 1.92. The van der Waals surface area contributed by atoms with Crippen LogP contribution < -0.4 is 5.73 Å². The Bertz CT molecular complexity index is 1230. The first-order valence-corrected chi connectivity index (χ1v) is 10.9. The molecule has 2 atom stereocenters. The summed E-state index contributed by atoms with van der Waals surface area (Å²) < 4.78 is 15.7. The summed E-state index contributed by atoms with van der Waals surface area (Å²) in [5.74, 6) is -1.82. The number of nitrogens with two attached hydrogens (primary N) is 1. The fraction of sp³-hybridized carbons (Fsp3) is 0.240. The molecule has 1 aliphatic carbocycles. The Labute approximate surface area is 194 Å². The van der Waals surface area contributed by atoms with E-state index in [2.05, 4.69) is 39.0 Å². The Morgan fingerprint density at radius 2 is 1.84 bits per heavy atom. The SMILES string of the molecule is N#CC1=C(N)C(C#N)(C#N)C(c2cc(Br)ccc2F)C2CN(Cc3ccccc3)CC=C12. The highest BCUT2D eigenvalue weighted by molar-refractivity contribution is 9.10. The number of fused-ring (bicyclic) bond motifs is 1. The molecule has 0 aromatic heterocycles. The minimum Gasteiger partial charge on any atom is -0.399 e. The van der Waals surface area contributed by atoms with Gasteiger partial charge in [-0.1, -0.05) is 52.3 Å². The average Bonchev–Trinajstić information content (AvgIpc) is 2.81. The number of rotatable bonds is 3. The van der Waals surface area contributed by atoms with Crippen LogP contribution in [0.3, 0.4) is 0 Å². The number of nitriles is 3. The molecule has 5 nitrogen and oxygen atoms in total. The van der Waals surface area contributed by atoms with Crippen molar-refractivity contribution in [2.24, 2.45) is 17.1 Å². The van der Waals surface area contributed by atoms with Gasteiger partial charge in [-0.15, -0.1) is 0 Å². The molecule has 0 fully saturated rings. The van der Waals surface area contributed by atoms with Crippen molar-refractivity contribution in [2.45, 2.75) is 12.5 Å². The molecule has 2 aromatic carbocycles. The van der Waals surface area contributed by atoms with Crippen molar-refractivity contribution in [1.29, 1.82) is 15.8 Å². The van der Waals surface area contributed by atoms with Crippen molar-refractivity contribution in [3.63, 3.8) is 0 Å². The Hall–Kier alpha value is -3.44. The highest BCUT2D eigenvalue weighted by Crippen LogP contribution is 2.54. The van der Waals surface area contributed by atoms with Gasteiger partial charge in [-0.05, 0) is 34.9 Å². The van der Waals surface area contributed by atoms with Gasteiger partial charge in [0.05, 0.1) is 23.4 Å². The highest BCUT2D eigenvalue weighted by Gasteiger charge is 2.55. The number of halogens is 2. The Balaban J connectivity index is 1.89. The zero-order valence-electron chi connectivity index (χ0n) is 17.1. The maximum Gasteiger partial charge on any atom is 0.191 e. The second kappa shape index (κ2) is 8.60. The van der Waals surface area contributed by atoms with Crippen LogP contribution in [0.25, 0.3) is 0 Å². The van der Waals surface area contributed by atoms with Crippen molar-refractivity contribution >= 4 is 15.9 Å². The van der Waals surface area contributed by atoms with Gasteiger partial charge in [0.15, 0.2) is 5.41 Å². The van der Waals surface area contributed by atoms with Crippen LogP contribution >= 0.6 is 15.9 Å². The largest absolute Gasteiger partial charge is 0.399 e. The molecule has 4 rings (SSSR count). The molecule has 0 amide bonds. The first-order chi connectivity index (χ1) is 15.4. The van der Waals surface area contributed by atoms with E-state index >= 15 is 4.39 Å². The molecule has 2 unspecified atom stereocenters. The van der Waals surface area contributed by atoms with Gasteiger partial charge in [0.25, 0.3) is 0 Å². The maximum absolute atomic E-state index is 15.1.